The minimum Gasteiger partial charge on any atom is -0.346 e. The van der Waals surface area contributed by atoms with E-state index in [-0.39, 0.29) is 11.9 Å². The molecule has 1 saturated heterocycles. The summed E-state index contributed by atoms with van der Waals surface area (Å²) in [7, 11) is 0. The van der Waals surface area contributed by atoms with Crippen LogP contribution in [0, 0.1) is 6.92 Å². The normalized spacial score (nSPS) is 19.5. The second kappa shape index (κ2) is 6.51. The predicted molar refractivity (Wildman–Crippen MR) is 83.0 cm³/mol. The Morgan fingerprint density at radius 2 is 1.83 bits per heavy atom. The lowest BCUT2D eigenvalue weighted by Gasteiger charge is -2.31. The van der Waals surface area contributed by atoms with Gasteiger partial charge in [-0.3, -0.25) is 4.79 Å². The van der Waals surface area contributed by atoms with Gasteiger partial charge in [-0.25, -0.2) is 0 Å². The van der Waals surface area contributed by atoms with Crippen LogP contribution in [0.25, 0.3) is 0 Å². The number of hydrogen-bond donors (Lipinski definition) is 2. The summed E-state index contributed by atoms with van der Waals surface area (Å²) in [5.41, 5.74) is -0.588. The fourth-order valence-corrected chi connectivity index (χ4v) is 2.85. The highest BCUT2D eigenvalue weighted by Gasteiger charge is 2.34. The van der Waals surface area contributed by atoms with Gasteiger partial charge in [-0.2, -0.15) is 13.2 Å². The maximum Gasteiger partial charge on any atom is 0.416 e. The molecular formula is C17H23F3N2O. The number of amides is 1. The summed E-state index contributed by atoms with van der Waals surface area (Å²) in [6.45, 7) is 5.87. The molecule has 1 aromatic rings. The topological polar surface area (TPSA) is 41.1 Å². The van der Waals surface area contributed by atoms with Gasteiger partial charge in [0.25, 0.3) is 0 Å². The van der Waals surface area contributed by atoms with Gasteiger partial charge in [-0.15, -0.1) is 0 Å². The van der Waals surface area contributed by atoms with Crippen LogP contribution >= 0.6 is 0 Å². The Morgan fingerprint density at radius 1 is 1.17 bits per heavy atom. The third-order valence-corrected chi connectivity index (χ3v) is 4.19. The van der Waals surface area contributed by atoms with Crippen molar-refractivity contribution in [2.24, 2.45) is 0 Å². The smallest absolute Gasteiger partial charge is 0.346 e. The molecule has 1 fully saturated rings. The quantitative estimate of drug-likeness (QED) is 0.891. The Morgan fingerprint density at radius 3 is 2.39 bits per heavy atom. The number of nitrogens with one attached hydrogen (secondary N) is 2. The molecule has 1 aliphatic heterocycles. The van der Waals surface area contributed by atoms with Crippen LogP contribution in [0.3, 0.4) is 0 Å². The zero-order valence-corrected chi connectivity index (χ0v) is 13.7. The Kier molecular flexibility index (Phi) is 5.04. The molecule has 1 atom stereocenters. The lowest BCUT2D eigenvalue weighted by Crippen LogP contribution is -2.52. The van der Waals surface area contributed by atoms with Crippen LogP contribution in [-0.4, -0.2) is 18.5 Å². The number of piperidine rings is 1. The zero-order valence-electron chi connectivity index (χ0n) is 13.7. The number of benzene rings is 1. The van der Waals surface area contributed by atoms with E-state index in [4.69, 9.17) is 0 Å². The largest absolute Gasteiger partial charge is 0.416 e. The van der Waals surface area contributed by atoms with Crippen LogP contribution in [0.15, 0.2) is 18.2 Å². The molecule has 23 heavy (non-hydrogen) atoms. The van der Waals surface area contributed by atoms with E-state index in [9.17, 15) is 18.0 Å². The molecule has 6 heteroatoms. The summed E-state index contributed by atoms with van der Waals surface area (Å²) < 4.78 is 39.0. The van der Waals surface area contributed by atoms with Crippen molar-refractivity contribution in [2.45, 2.75) is 57.8 Å². The van der Waals surface area contributed by atoms with E-state index in [1.165, 1.54) is 0 Å². The molecule has 0 aliphatic carbocycles. The first-order chi connectivity index (χ1) is 10.6. The molecule has 0 spiro atoms. The van der Waals surface area contributed by atoms with Crippen LogP contribution in [-0.2, 0) is 16.5 Å². The molecule has 0 saturated carbocycles. The first kappa shape index (κ1) is 17.8. The molecule has 128 valence electrons. The van der Waals surface area contributed by atoms with Crippen LogP contribution in [0.5, 0.6) is 0 Å². The number of halogens is 3. The highest BCUT2D eigenvalue weighted by Crippen LogP contribution is 2.33. The summed E-state index contributed by atoms with van der Waals surface area (Å²) in [6, 6.07) is 3.64. The van der Waals surface area contributed by atoms with E-state index >= 15 is 0 Å². The first-order valence-electron chi connectivity index (χ1n) is 7.84. The molecule has 1 heterocycles. The number of carbonyl (C=O) groups excluding carboxylic acids is 1. The van der Waals surface area contributed by atoms with Gasteiger partial charge in [-0.05, 0) is 57.9 Å². The standard InChI is InChI=1S/C17H23F3N2O/c1-11-8-12(10-13(9-11)17(18,19)20)16(2,3)22-15(23)14-6-4-5-7-21-14/h8-10,14,21H,4-7H2,1-3H3,(H,22,23)/t14-/m0/s1. The Bertz CT molecular complexity index is 576. The SMILES string of the molecule is Cc1cc(C(F)(F)F)cc(C(C)(C)NC(=O)[C@@H]2CCCCN2)c1. The highest BCUT2D eigenvalue weighted by atomic mass is 19.4. The lowest BCUT2D eigenvalue weighted by atomic mass is 9.90. The maximum atomic E-state index is 13.0. The van der Waals surface area contributed by atoms with Crippen molar-refractivity contribution in [1.29, 1.82) is 0 Å². The monoisotopic (exact) mass is 328 g/mol. The van der Waals surface area contributed by atoms with Gasteiger partial charge in [0.15, 0.2) is 0 Å². The van der Waals surface area contributed by atoms with Gasteiger partial charge in [0.1, 0.15) is 0 Å². The van der Waals surface area contributed by atoms with Crippen molar-refractivity contribution in [3.63, 3.8) is 0 Å². The molecule has 1 aromatic carbocycles. The first-order valence-corrected chi connectivity index (χ1v) is 7.84. The molecule has 0 unspecified atom stereocenters. The van der Waals surface area contributed by atoms with E-state index in [1.54, 1.807) is 26.8 Å². The summed E-state index contributed by atoms with van der Waals surface area (Å²) in [6.07, 6.45) is -1.62. The van der Waals surface area contributed by atoms with Crippen molar-refractivity contribution in [2.75, 3.05) is 6.54 Å². The van der Waals surface area contributed by atoms with Crippen LogP contribution in [0.2, 0.25) is 0 Å². The molecule has 2 rings (SSSR count). The highest BCUT2D eigenvalue weighted by molar-refractivity contribution is 5.82. The fourth-order valence-electron chi connectivity index (χ4n) is 2.85. The predicted octanol–water partition coefficient (Wildman–Crippen LogP) is 3.51. The van der Waals surface area contributed by atoms with Crippen LogP contribution < -0.4 is 10.6 Å². The molecule has 1 amide bonds. The average molecular weight is 328 g/mol. The Hall–Kier alpha value is -1.56. The van der Waals surface area contributed by atoms with Gasteiger partial charge in [0.05, 0.1) is 17.1 Å². The molecule has 1 aliphatic rings. The molecule has 0 bridgehead atoms. The van der Waals surface area contributed by atoms with Crippen molar-refractivity contribution in [3.8, 4) is 0 Å². The second-order valence-corrected chi connectivity index (χ2v) is 6.70. The van der Waals surface area contributed by atoms with Crippen molar-refractivity contribution < 1.29 is 18.0 Å². The van der Waals surface area contributed by atoms with Crippen LogP contribution in [0.1, 0.15) is 49.8 Å². The van der Waals surface area contributed by atoms with E-state index in [2.05, 4.69) is 10.6 Å². The summed E-state index contributed by atoms with van der Waals surface area (Å²) >= 11 is 0. The Balaban J connectivity index is 2.21. The van der Waals surface area contributed by atoms with Gasteiger partial charge >= 0.3 is 6.18 Å². The fraction of sp³-hybridized carbons (Fsp3) is 0.588. The minimum absolute atomic E-state index is 0.162. The molecular weight excluding hydrogens is 305 g/mol. The van der Waals surface area contributed by atoms with Crippen LogP contribution in [0.4, 0.5) is 13.2 Å². The number of rotatable bonds is 3. The van der Waals surface area contributed by atoms with E-state index < -0.39 is 17.3 Å². The van der Waals surface area contributed by atoms with E-state index in [0.717, 1.165) is 37.9 Å². The van der Waals surface area contributed by atoms with Crippen molar-refractivity contribution >= 4 is 5.91 Å². The second-order valence-electron chi connectivity index (χ2n) is 6.70. The number of alkyl halides is 3. The zero-order chi connectivity index (χ0) is 17.3. The van der Waals surface area contributed by atoms with Crippen molar-refractivity contribution in [3.05, 3.63) is 34.9 Å². The van der Waals surface area contributed by atoms with E-state index in [1.807, 2.05) is 0 Å². The minimum atomic E-state index is -4.40. The van der Waals surface area contributed by atoms with Gasteiger partial charge in [0.2, 0.25) is 5.91 Å². The molecule has 0 aromatic heterocycles. The van der Waals surface area contributed by atoms with Gasteiger partial charge < -0.3 is 10.6 Å². The molecule has 0 radical (unpaired) electrons. The van der Waals surface area contributed by atoms with Crippen molar-refractivity contribution in [1.82, 2.24) is 10.6 Å². The summed E-state index contributed by atoms with van der Waals surface area (Å²) in [4.78, 5) is 12.4. The number of hydrogen-bond acceptors (Lipinski definition) is 2. The van der Waals surface area contributed by atoms with Gasteiger partial charge in [0, 0.05) is 0 Å². The Labute approximate surface area is 134 Å². The number of aryl methyl sites for hydroxylation is 1. The number of carbonyl (C=O) groups is 1. The molecule has 2 N–H and O–H groups in total. The summed E-state index contributed by atoms with van der Waals surface area (Å²) in [5.74, 6) is -0.162. The maximum absolute atomic E-state index is 13.0. The average Bonchev–Trinajstić information content (AvgIpc) is 2.46. The third kappa shape index (κ3) is 4.47. The third-order valence-electron chi connectivity index (χ3n) is 4.19. The molecule has 3 nitrogen and oxygen atoms in total. The van der Waals surface area contributed by atoms with Gasteiger partial charge in [-0.1, -0.05) is 18.1 Å². The van der Waals surface area contributed by atoms with E-state index in [0.29, 0.717) is 11.1 Å². The summed E-state index contributed by atoms with van der Waals surface area (Å²) in [5, 5.41) is 6.03. The lowest BCUT2D eigenvalue weighted by molar-refractivity contribution is -0.137.